The maximum Gasteiger partial charge on any atom is 0.134 e. The summed E-state index contributed by atoms with van der Waals surface area (Å²) in [4.78, 5) is 0. The molecule has 13 heavy (non-hydrogen) atoms. The van der Waals surface area contributed by atoms with Crippen molar-refractivity contribution in [3.63, 3.8) is 0 Å². The first kappa shape index (κ1) is 6.47. The van der Waals surface area contributed by atoms with Crippen LogP contribution >= 0.6 is 0 Å². The lowest BCUT2D eigenvalue weighted by Gasteiger charge is -2.09. The number of rotatable bonds is 0. The zero-order valence-corrected chi connectivity index (χ0v) is 7.98. The van der Waals surface area contributed by atoms with E-state index in [0.717, 1.165) is 11.8 Å². The third kappa shape index (κ3) is 0.484. The van der Waals surface area contributed by atoms with E-state index in [1.807, 2.05) is 0 Å². The van der Waals surface area contributed by atoms with Crippen molar-refractivity contribution in [3.8, 4) is 0 Å². The second-order valence-electron chi connectivity index (χ2n) is 4.76. The number of furan rings is 2. The lowest BCUT2D eigenvalue weighted by molar-refractivity contribution is 0.672. The minimum atomic E-state index is 0.720. The normalized spacial score (nSPS) is 29.7. The molecule has 2 aromatic rings. The molecule has 0 saturated carbocycles. The van der Waals surface area contributed by atoms with Gasteiger partial charge in [0.25, 0.3) is 0 Å². The first-order valence-electron chi connectivity index (χ1n) is 5.16. The molecule has 0 fully saturated rings. The molecule has 0 aromatic carbocycles. The molecule has 0 radical (unpaired) electrons. The zero-order valence-electron chi connectivity index (χ0n) is 7.98. The molecule has 2 aromatic heterocycles. The Hall–Kier alpha value is -0.980. The Kier molecular flexibility index (Phi) is 0.813. The van der Waals surface area contributed by atoms with Gasteiger partial charge in [-0.25, -0.2) is 0 Å². The summed E-state index contributed by atoms with van der Waals surface area (Å²) < 4.78 is 5.87. The summed E-state index contributed by atoms with van der Waals surface area (Å²) in [6.07, 6.45) is 2.47. The first-order valence-corrected chi connectivity index (χ1v) is 5.16. The van der Waals surface area contributed by atoms with Crippen molar-refractivity contribution in [3.05, 3.63) is 22.3 Å². The van der Waals surface area contributed by atoms with E-state index < -0.39 is 0 Å². The quantitative estimate of drug-likeness (QED) is 0.594. The smallest absolute Gasteiger partial charge is 0.134 e. The maximum atomic E-state index is 5.87. The highest BCUT2D eigenvalue weighted by molar-refractivity contribution is 5.87. The van der Waals surface area contributed by atoms with Crippen molar-refractivity contribution in [1.82, 2.24) is 0 Å². The average molecular weight is 172 g/mol. The van der Waals surface area contributed by atoms with Gasteiger partial charge in [0.1, 0.15) is 11.2 Å². The first-order chi connectivity index (χ1) is 6.27. The van der Waals surface area contributed by atoms with Gasteiger partial charge in [0.2, 0.25) is 0 Å². The Morgan fingerprint density at radius 3 is 1.85 bits per heavy atom. The molecule has 4 rings (SSSR count). The summed E-state index contributed by atoms with van der Waals surface area (Å²) in [7, 11) is 0. The van der Waals surface area contributed by atoms with Crippen molar-refractivity contribution in [2.75, 3.05) is 0 Å². The van der Waals surface area contributed by atoms with Crippen LogP contribution in [0.4, 0.5) is 0 Å². The molecular formula is C12H12O. The van der Waals surface area contributed by atoms with E-state index in [0.29, 0.717) is 0 Å². The van der Waals surface area contributed by atoms with Crippen LogP contribution in [0.2, 0.25) is 0 Å². The van der Waals surface area contributed by atoms with Gasteiger partial charge in [-0.3, -0.25) is 0 Å². The molecule has 2 bridgehead atoms. The fourth-order valence-electron chi connectivity index (χ4n) is 3.41. The van der Waals surface area contributed by atoms with Crippen LogP contribution in [0.25, 0.3) is 11.2 Å². The fraction of sp³-hybridized carbons (Fsp3) is 0.500. The van der Waals surface area contributed by atoms with Crippen LogP contribution in [0.5, 0.6) is 0 Å². The molecule has 2 heterocycles. The molecule has 2 unspecified atom stereocenters. The molecule has 0 amide bonds. The average Bonchev–Trinajstić information content (AvgIpc) is 2.67. The van der Waals surface area contributed by atoms with Crippen molar-refractivity contribution in [2.24, 2.45) is 0 Å². The minimum absolute atomic E-state index is 0.720. The lowest BCUT2D eigenvalue weighted by Crippen LogP contribution is -1.98. The summed E-state index contributed by atoms with van der Waals surface area (Å²) in [5, 5.41) is 0. The van der Waals surface area contributed by atoms with E-state index in [1.54, 1.807) is 22.3 Å². The molecule has 1 nitrogen and oxygen atoms in total. The van der Waals surface area contributed by atoms with Crippen molar-refractivity contribution in [2.45, 2.75) is 38.5 Å². The molecule has 2 atom stereocenters. The number of hydrogen-bond acceptors (Lipinski definition) is 1. The lowest BCUT2D eigenvalue weighted by atomic mass is 9.93. The Morgan fingerprint density at radius 1 is 0.923 bits per heavy atom. The molecule has 1 heteroatoms. The maximum absolute atomic E-state index is 5.87. The van der Waals surface area contributed by atoms with Gasteiger partial charge in [-0.05, 0) is 24.7 Å². The standard InChI is InChI=1S/C12H12O/c1-5-3-7-8-4-6(2)10-9(5)11(7)13-12(8)10/h5-6H,3-4H2,1-2H3. The highest BCUT2D eigenvalue weighted by Gasteiger charge is 2.41. The van der Waals surface area contributed by atoms with Crippen LogP contribution in [0.3, 0.4) is 0 Å². The predicted octanol–water partition coefficient (Wildman–Crippen LogP) is 3.19. The molecule has 66 valence electrons. The molecular weight excluding hydrogens is 160 g/mol. The van der Waals surface area contributed by atoms with Crippen LogP contribution < -0.4 is 0 Å². The molecule has 0 N–H and O–H groups in total. The number of hydrogen-bond donors (Lipinski definition) is 0. The molecule has 0 aliphatic heterocycles. The van der Waals surface area contributed by atoms with Gasteiger partial charge < -0.3 is 4.42 Å². The monoisotopic (exact) mass is 172 g/mol. The van der Waals surface area contributed by atoms with Crippen LogP contribution in [0.15, 0.2) is 4.42 Å². The van der Waals surface area contributed by atoms with E-state index >= 15 is 0 Å². The Labute approximate surface area is 77.1 Å². The summed E-state index contributed by atoms with van der Waals surface area (Å²) in [6.45, 7) is 4.66. The Morgan fingerprint density at radius 2 is 1.38 bits per heavy atom. The SMILES string of the molecule is CC1Cc2c3c4oc2c1c4C(C)C3. The number of benzene rings is 1. The third-order valence-corrected chi connectivity index (χ3v) is 3.90. The van der Waals surface area contributed by atoms with Crippen molar-refractivity contribution < 1.29 is 4.42 Å². The highest BCUT2D eigenvalue weighted by atomic mass is 16.3. The third-order valence-electron chi connectivity index (χ3n) is 3.90. The van der Waals surface area contributed by atoms with E-state index in [1.165, 1.54) is 24.0 Å². The van der Waals surface area contributed by atoms with E-state index in [2.05, 4.69) is 13.8 Å². The molecule has 0 spiro atoms. The van der Waals surface area contributed by atoms with E-state index in [4.69, 9.17) is 4.42 Å². The zero-order chi connectivity index (χ0) is 8.74. The minimum Gasteiger partial charge on any atom is -0.456 e. The summed E-state index contributed by atoms with van der Waals surface area (Å²) in [6, 6.07) is 0. The van der Waals surface area contributed by atoms with Crippen LogP contribution in [0.1, 0.15) is 47.9 Å². The summed E-state index contributed by atoms with van der Waals surface area (Å²) in [5.74, 6) is 1.44. The number of fused-ring (bicyclic) bond motifs is 2. The largest absolute Gasteiger partial charge is 0.456 e. The van der Waals surface area contributed by atoms with Gasteiger partial charge in [0.15, 0.2) is 0 Å². The molecule has 2 aliphatic carbocycles. The van der Waals surface area contributed by atoms with E-state index in [9.17, 15) is 0 Å². The van der Waals surface area contributed by atoms with Crippen molar-refractivity contribution >= 4 is 11.2 Å². The van der Waals surface area contributed by atoms with Gasteiger partial charge in [-0.15, -0.1) is 0 Å². The van der Waals surface area contributed by atoms with Gasteiger partial charge >= 0.3 is 0 Å². The summed E-state index contributed by atoms with van der Waals surface area (Å²) in [5.41, 5.74) is 8.72. The highest BCUT2D eigenvalue weighted by Crippen LogP contribution is 2.55. The summed E-state index contributed by atoms with van der Waals surface area (Å²) >= 11 is 0. The topological polar surface area (TPSA) is 13.1 Å². The van der Waals surface area contributed by atoms with Crippen LogP contribution in [0, 0.1) is 0 Å². The second kappa shape index (κ2) is 1.63. The van der Waals surface area contributed by atoms with Crippen LogP contribution in [-0.2, 0) is 12.8 Å². The van der Waals surface area contributed by atoms with Gasteiger partial charge in [-0.1, -0.05) is 13.8 Å². The van der Waals surface area contributed by atoms with Gasteiger partial charge in [0, 0.05) is 22.3 Å². The van der Waals surface area contributed by atoms with Crippen molar-refractivity contribution in [1.29, 1.82) is 0 Å². The van der Waals surface area contributed by atoms with Gasteiger partial charge in [0.05, 0.1) is 0 Å². The molecule has 2 aliphatic rings. The Bertz CT molecular complexity index is 461. The second-order valence-corrected chi connectivity index (χ2v) is 4.76. The van der Waals surface area contributed by atoms with E-state index in [-0.39, 0.29) is 0 Å². The molecule has 0 saturated heterocycles. The van der Waals surface area contributed by atoms with Gasteiger partial charge in [-0.2, -0.15) is 0 Å². The predicted molar refractivity (Wildman–Crippen MR) is 51.6 cm³/mol. The Balaban J connectivity index is 2.25. The fourth-order valence-corrected chi connectivity index (χ4v) is 3.41. The van der Waals surface area contributed by atoms with Crippen LogP contribution in [-0.4, -0.2) is 0 Å².